The molecule has 112 valence electrons. The Morgan fingerprint density at radius 1 is 1.05 bits per heavy atom. The highest BCUT2D eigenvalue weighted by Gasteiger charge is 2.04. The van der Waals surface area contributed by atoms with E-state index < -0.39 is 0 Å². The molecule has 0 aliphatic heterocycles. The van der Waals surface area contributed by atoms with Gasteiger partial charge >= 0.3 is 0 Å². The van der Waals surface area contributed by atoms with Gasteiger partial charge in [-0.15, -0.1) is 0 Å². The van der Waals surface area contributed by atoms with Gasteiger partial charge in [0.2, 0.25) is 0 Å². The van der Waals surface area contributed by atoms with Gasteiger partial charge in [0.05, 0.1) is 34.0 Å². The number of allylic oxidation sites excluding steroid dienone is 1. The second-order valence-corrected chi connectivity index (χ2v) is 6.17. The molecule has 0 saturated carbocycles. The molecule has 0 heterocycles. The summed E-state index contributed by atoms with van der Waals surface area (Å²) in [6.07, 6.45) is 12.4. The first-order valence-corrected chi connectivity index (χ1v) is 7.68. The Morgan fingerprint density at radius 3 is 2.37 bits per heavy atom. The maximum atomic E-state index is 4.52. The average Bonchev–Trinajstić information content (AvgIpc) is 2.33. The molecule has 0 aromatic heterocycles. The zero-order chi connectivity index (χ0) is 14.6. The van der Waals surface area contributed by atoms with Crippen molar-refractivity contribution in [2.75, 3.05) is 40.8 Å². The summed E-state index contributed by atoms with van der Waals surface area (Å²) in [5, 5.41) is 0. The van der Waals surface area contributed by atoms with Gasteiger partial charge < -0.3 is 9.38 Å². The minimum Gasteiger partial charge on any atom is -0.340 e. The molecular formula is C16H34N3+. The van der Waals surface area contributed by atoms with Crippen LogP contribution in [0.2, 0.25) is 0 Å². The third kappa shape index (κ3) is 13.4. The minimum atomic E-state index is 0.956. The predicted molar refractivity (Wildman–Crippen MR) is 86.5 cm³/mol. The highest BCUT2D eigenvalue weighted by molar-refractivity contribution is 5.56. The van der Waals surface area contributed by atoms with Crippen molar-refractivity contribution in [3.63, 3.8) is 0 Å². The van der Waals surface area contributed by atoms with E-state index in [-0.39, 0.29) is 0 Å². The molecule has 0 N–H and O–H groups in total. The Labute approximate surface area is 120 Å². The van der Waals surface area contributed by atoms with Crippen LogP contribution in [0.25, 0.3) is 0 Å². The minimum absolute atomic E-state index is 0.956. The van der Waals surface area contributed by atoms with Crippen LogP contribution in [0.5, 0.6) is 0 Å². The van der Waals surface area contributed by atoms with E-state index in [9.17, 15) is 0 Å². The number of nitrogens with zero attached hydrogens (tertiary/aromatic N) is 3. The lowest BCUT2D eigenvalue weighted by Gasteiger charge is -2.23. The van der Waals surface area contributed by atoms with Crippen LogP contribution in [0, 0.1) is 0 Å². The van der Waals surface area contributed by atoms with Crippen molar-refractivity contribution in [2.45, 2.75) is 46.0 Å². The van der Waals surface area contributed by atoms with E-state index >= 15 is 0 Å². The lowest BCUT2D eigenvalue weighted by Crippen LogP contribution is -2.35. The number of hydrogen-bond donors (Lipinski definition) is 0. The standard InChI is InChI=1S/C16H34N3/c1-6-8-14-18(13-7-2)16-17-12-10-9-11-15-19(3,4)5/h7,13,16H,6,8-12,14-15H2,1-5H3/q+1/b13-7-,17-16+. The Morgan fingerprint density at radius 2 is 1.79 bits per heavy atom. The zero-order valence-corrected chi connectivity index (χ0v) is 13.7. The number of unbranched alkanes of at least 4 members (excludes halogenated alkanes) is 3. The SMILES string of the molecule is C/C=C\N(/C=N/CCCCC[N+](C)(C)C)CCCC. The molecule has 0 radical (unpaired) electrons. The maximum absolute atomic E-state index is 4.52. The molecule has 0 unspecified atom stereocenters. The van der Waals surface area contributed by atoms with Gasteiger partial charge in [0, 0.05) is 19.3 Å². The zero-order valence-electron chi connectivity index (χ0n) is 13.7. The second kappa shape index (κ2) is 11.0. The largest absolute Gasteiger partial charge is 0.340 e. The van der Waals surface area contributed by atoms with Crippen LogP contribution in [0.4, 0.5) is 0 Å². The van der Waals surface area contributed by atoms with Crippen LogP contribution in [0.3, 0.4) is 0 Å². The van der Waals surface area contributed by atoms with Gasteiger partial charge in [0.15, 0.2) is 0 Å². The summed E-state index contributed by atoms with van der Waals surface area (Å²) in [6, 6.07) is 0. The predicted octanol–water partition coefficient (Wildman–Crippen LogP) is 3.53. The quantitative estimate of drug-likeness (QED) is 0.242. The number of aliphatic imine (C=N–C) groups is 1. The molecule has 0 fully saturated rings. The first-order valence-electron chi connectivity index (χ1n) is 7.68. The normalized spacial score (nSPS) is 12.7. The van der Waals surface area contributed by atoms with Gasteiger partial charge in [-0.2, -0.15) is 0 Å². The van der Waals surface area contributed by atoms with Crippen LogP contribution in [0.1, 0.15) is 46.0 Å². The highest BCUT2D eigenvalue weighted by atomic mass is 15.3. The Bertz CT molecular complexity index is 251. The van der Waals surface area contributed by atoms with Crippen LogP contribution in [-0.4, -0.2) is 56.5 Å². The molecular weight excluding hydrogens is 234 g/mol. The summed E-state index contributed by atoms with van der Waals surface area (Å²) >= 11 is 0. The van der Waals surface area contributed by atoms with E-state index in [1.54, 1.807) is 0 Å². The molecule has 0 saturated heterocycles. The topological polar surface area (TPSA) is 15.6 Å². The van der Waals surface area contributed by atoms with Crippen molar-refractivity contribution in [3.05, 3.63) is 12.3 Å². The Balaban J connectivity index is 3.69. The van der Waals surface area contributed by atoms with E-state index in [1.807, 2.05) is 6.34 Å². The fraction of sp³-hybridized carbons (Fsp3) is 0.812. The second-order valence-electron chi connectivity index (χ2n) is 6.17. The van der Waals surface area contributed by atoms with E-state index in [2.05, 4.69) is 57.2 Å². The first kappa shape index (κ1) is 18.2. The maximum Gasteiger partial charge on any atom is 0.0889 e. The van der Waals surface area contributed by atoms with Crippen LogP contribution < -0.4 is 0 Å². The third-order valence-corrected chi connectivity index (χ3v) is 2.96. The summed E-state index contributed by atoms with van der Waals surface area (Å²) < 4.78 is 1.06. The molecule has 0 aliphatic carbocycles. The van der Waals surface area contributed by atoms with Crippen molar-refractivity contribution in [3.8, 4) is 0 Å². The number of hydrogen-bond acceptors (Lipinski definition) is 1. The molecule has 0 aliphatic rings. The smallest absolute Gasteiger partial charge is 0.0889 e. The van der Waals surface area contributed by atoms with Crippen molar-refractivity contribution >= 4 is 6.34 Å². The van der Waals surface area contributed by atoms with E-state index in [4.69, 9.17) is 0 Å². The fourth-order valence-electron chi connectivity index (χ4n) is 1.83. The van der Waals surface area contributed by atoms with Crippen molar-refractivity contribution in [1.82, 2.24) is 4.90 Å². The molecule has 3 heteroatoms. The Kier molecular flexibility index (Phi) is 10.6. The van der Waals surface area contributed by atoms with Gasteiger partial charge in [-0.05, 0) is 32.6 Å². The molecule has 0 rings (SSSR count). The summed E-state index contributed by atoms with van der Waals surface area (Å²) in [5.41, 5.74) is 0. The summed E-state index contributed by atoms with van der Waals surface area (Å²) in [4.78, 5) is 6.71. The van der Waals surface area contributed by atoms with E-state index in [1.165, 1.54) is 38.6 Å². The number of quaternary nitrogens is 1. The third-order valence-electron chi connectivity index (χ3n) is 2.96. The molecule has 0 amide bonds. The van der Waals surface area contributed by atoms with Gasteiger partial charge in [-0.1, -0.05) is 19.4 Å². The van der Waals surface area contributed by atoms with Crippen molar-refractivity contribution < 1.29 is 4.48 Å². The van der Waals surface area contributed by atoms with Gasteiger partial charge in [0.1, 0.15) is 0 Å². The van der Waals surface area contributed by atoms with Crippen molar-refractivity contribution in [2.24, 2.45) is 4.99 Å². The van der Waals surface area contributed by atoms with Crippen LogP contribution >= 0.6 is 0 Å². The van der Waals surface area contributed by atoms with Crippen molar-refractivity contribution in [1.29, 1.82) is 0 Å². The molecule has 0 atom stereocenters. The van der Waals surface area contributed by atoms with Gasteiger partial charge in [-0.25, -0.2) is 0 Å². The lowest BCUT2D eigenvalue weighted by molar-refractivity contribution is -0.870. The Hall–Kier alpha value is -0.830. The summed E-state index contributed by atoms with van der Waals surface area (Å²) in [5.74, 6) is 0. The summed E-state index contributed by atoms with van der Waals surface area (Å²) in [6.45, 7) is 7.56. The van der Waals surface area contributed by atoms with Crippen LogP contribution in [0.15, 0.2) is 17.3 Å². The first-order chi connectivity index (χ1) is 8.99. The molecule has 0 aromatic carbocycles. The lowest BCUT2D eigenvalue weighted by atomic mass is 10.2. The molecule has 0 spiro atoms. The van der Waals surface area contributed by atoms with E-state index in [0.29, 0.717) is 0 Å². The molecule has 0 aromatic rings. The van der Waals surface area contributed by atoms with Gasteiger partial charge in [-0.3, -0.25) is 4.99 Å². The monoisotopic (exact) mass is 268 g/mol. The highest BCUT2D eigenvalue weighted by Crippen LogP contribution is 2.01. The summed E-state index contributed by atoms with van der Waals surface area (Å²) in [7, 11) is 6.75. The molecule has 3 nitrogen and oxygen atoms in total. The molecule has 19 heavy (non-hydrogen) atoms. The fourth-order valence-corrected chi connectivity index (χ4v) is 1.83. The van der Waals surface area contributed by atoms with Crippen LogP contribution in [-0.2, 0) is 0 Å². The average molecular weight is 268 g/mol. The van der Waals surface area contributed by atoms with E-state index in [0.717, 1.165) is 17.6 Å². The number of rotatable bonds is 11. The van der Waals surface area contributed by atoms with Gasteiger partial charge in [0.25, 0.3) is 0 Å². The molecule has 0 bridgehead atoms.